The van der Waals surface area contributed by atoms with Gasteiger partial charge in [0.25, 0.3) is 0 Å². The summed E-state index contributed by atoms with van der Waals surface area (Å²) < 4.78 is 0.327. The van der Waals surface area contributed by atoms with Crippen LogP contribution < -0.4 is 5.11 Å². The number of carbonyl (C=O) groups excluding carboxylic acids is 2. The van der Waals surface area contributed by atoms with Crippen LogP contribution in [-0.2, 0) is 9.59 Å². The summed E-state index contributed by atoms with van der Waals surface area (Å²) in [6.45, 7) is 2.29. The van der Waals surface area contributed by atoms with Crippen LogP contribution in [0.2, 0.25) is 0 Å². The minimum atomic E-state index is -1.82. The van der Waals surface area contributed by atoms with E-state index in [1.807, 2.05) is 21.1 Å². The summed E-state index contributed by atoms with van der Waals surface area (Å²) in [6, 6.07) is 0. The Kier molecular flexibility index (Phi) is 11.1. The van der Waals surface area contributed by atoms with Gasteiger partial charge >= 0.3 is 0 Å². The molecule has 0 aliphatic carbocycles. The highest BCUT2D eigenvalue weighted by Gasteiger charge is 2.40. The topological polar surface area (TPSA) is 77.4 Å². The van der Waals surface area contributed by atoms with Gasteiger partial charge in [0.05, 0.1) is 21.1 Å². The minimum absolute atomic E-state index is 0.0806. The molecule has 5 nitrogen and oxygen atoms in total. The first-order chi connectivity index (χ1) is 11.1. The third-order valence-electron chi connectivity index (χ3n) is 4.20. The van der Waals surface area contributed by atoms with E-state index < -0.39 is 18.0 Å². The summed E-state index contributed by atoms with van der Waals surface area (Å²) in [5.41, 5.74) is -1.82. The summed E-state index contributed by atoms with van der Waals surface area (Å²) in [4.78, 5) is 23.2. The van der Waals surface area contributed by atoms with E-state index in [1.54, 1.807) is 0 Å². The number of carboxylic acid groups (broad SMARTS) is 1. The number of quaternary nitrogens is 1. The van der Waals surface area contributed by atoms with E-state index in [2.05, 4.69) is 6.92 Å². The highest BCUT2D eigenvalue weighted by atomic mass is 16.4. The zero-order chi connectivity index (χ0) is 18.6. The molecule has 1 atom stereocenters. The van der Waals surface area contributed by atoms with Crippen molar-refractivity contribution in [2.24, 2.45) is 0 Å². The third kappa shape index (κ3) is 11.6. The number of aliphatic hydroxyl groups is 1. The molecular formula is C19H37NO4. The van der Waals surface area contributed by atoms with Crippen molar-refractivity contribution in [2.45, 2.75) is 83.2 Å². The Labute approximate surface area is 147 Å². The molecule has 0 aliphatic heterocycles. The second-order valence-electron chi connectivity index (χ2n) is 8.03. The molecule has 0 aromatic rings. The van der Waals surface area contributed by atoms with Gasteiger partial charge in [0, 0.05) is 18.8 Å². The quantitative estimate of drug-likeness (QED) is 0.365. The first kappa shape index (κ1) is 23.1. The molecule has 24 heavy (non-hydrogen) atoms. The maximum atomic E-state index is 12.3. The molecule has 0 bridgehead atoms. The molecule has 0 amide bonds. The fourth-order valence-corrected chi connectivity index (χ4v) is 3.10. The Morgan fingerprint density at radius 3 is 1.79 bits per heavy atom. The van der Waals surface area contributed by atoms with Crippen LogP contribution >= 0.6 is 0 Å². The van der Waals surface area contributed by atoms with Gasteiger partial charge < -0.3 is 19.5 Å². The lowest BCUT2D eigenvalue weighted by Crippen LogP contribution is -2.56. The van der Waals surface area contributed by atoms with Crippen molar-refractivity contribution in [3.8, 4) is 0 Å². The molecule has 0 saturated heterocycles. The van der Waals surface area contributed by atoms with Gasteiger partial charge in [-0.1, -0.05) is 58.3 Å². The predicted octanol–water partition coefficient (Wildman–Crippen LogP) is 2.05. The van der Waals surface area contributed by atoms with Gasteiger partial charge in [-0.05, 0) is 6.42 Å². The van der Waals surface area contributed by atoms with E-state index >= 15 is 0 Å². The maximum Gasteiger partial charge on any atom is 0.177 e. The molecule has 0 saturated carbocycles. The Morgan fingerprint density at radius 1 is 0.917 bits per heavy atom. The highest BCUT2D eigenvalue weighted by Crippen LogP contribution is 2.19. The monoisotopic (exact) mass is 343 g/mol. The zero-order valence-electron chi connectivity index (χ0n) is 16.1. The standard InChI is InChI=1S/C19H37NO4/c1-5-6-7-8-9-10-11-12-13-14-17(21)19(24,15-18(22)23)16-20(2,3)4/h24H,5-16H2,1-4H3/t19-/m1/s1. The second kappa shape index (κ2) is 11.6. The fourth-order valence-electron chi connectivity index (χ4n) is 3.10. The number of aliphatic carboxylic acids is 1. The van der Waals surface area contributed by atoms with Gasteiger partial charge in [-0.3, -0.25) is 4.79 Å². The summed E-state index contributed by atoms with van der Waals surface area (Å²) in [5.74, 6) is -1.76. The predicted molar refractivity (Wildman–Crippen MR) is 94.3 cm³/mol. The molecule has 0 heterocycles. The summed E-state index contributed by atoms with van der Waals surface area (Å²) in [5, 5.41) is 21.4. The molecule has 0 radical (unpaired) electrons. The van der Waals surface area contributed by atoms with Gasteiger partial charge in [0.2, 0.25) is 0 Å². The average molecular weight is 344 g/mol. The highest BCUT2D eigenvalue weighted by molar-refractivity contribution is 5.90. The Morgan fingerprint density at radius 2 is 1.38 bits per heavy atom. The van der Waals surface area contributed by atoms with Gasteiger partial charge in [-0.25, -0.2) is 0 Å². The number of carboxylic acids is 1. The lowest BCUT2D eigenvalue weighted by Gasteiger charge is -2.34. The zero-order valence-corrected chi connectivity index (χ0v) is 16.1. The van der Waals surface area contributed by atoms with Crippen LogP contribution in [0.15, 0.2) is 0 Å². The van der Waals surface area contributed by atoms with Crippen LogP contribution in [0.5, 0.6) is 0 Å². The van der Waals surface area contributed by atoms with Crippen molar-refractivity contribution in [1.82, 2.24) is 0 Å². The number of likely N-dealkylation sites (N-methyl/N-ethyl adjacent to an activating group) is 1. The van der Waals surface area contributed by atoms with E-state index in [0.29, 0.717) is 10.9 Å². The van der Waals surface area contributed by atoms with Crippen molar-refractivity contribution in [3.63, 3.8) is 0 Å². The van der Waals surface area contributed by atoms with Gasteiger partial charge in [0.15, 0.2) is 11.4 Å². The molecule has 0 aromatic carbocycles. The normalized spacial score (nSPS) is 14.4. The molecule has 0 aromatic heterocycles. The second-order valence-corrected chi connectivity index (χ2v) is 8.03. The van der Waals surface area contributed by atoms with E-state index in [4.69, 9.17) is 0 Å². The third-order valence-corrected chi connectivity index (χ3v) is 4.20. The van der Waals surface area contributed by atoms with Crippen molar-refractivity contribution in [2.75, 3.05) is 27.7 Å². The van der Waals surface area contributed by atoms with Crippen molar-refractivity contribution in [3.05, 3.63) is 0 Å². The Bertz CT molecular complexity index is 376. The fraction of sp³-hybridized carbons (Fsp3) is 0.895. The van der Waals surface area contributed by atoms with E-state index in [9.17, 15) is 19.8 Å². The first-order valence-corrected chi connectivity index (χ1v) is 9.37. The number of nitrogens with zero attached hydrogens (tertiary/aromatic N) is 1. The number of hydrogen-bond acceptors (Lipinski definition) is 4. The lowest BCUT2D eigenvalue weighted by molar-refractivity contribution is -0.875. The van der Waals surface area contributed by atoms with Crippen LogP contribution in [-0.4, -0.2) is 54.6 Å². The summed E-state index contributed by atoms with van der Waals surface area (Å²) >= 11 is 0. The smallest absolute Gasteiger partial charge is 0.177 e. The maximum absolute atomic E-state index is 12.3. The number of carbonyl (C=O) groups is 2. The molecule has 5 heteroatoms. The Hall–Kier alpha value is -0.940. The van der Waals surface area contributed by atoms with Crippen LogP contribution in [0.25, 0.3) is 0 Å². The molecule has 0 fully saturated rings. The number of unbranched alkanes of at least 4 members (excludes halogenated alkanes) is 8. The Balaban J connectivity index is 4.13. The van der Waals surface area contributed by atoms with E-state index in [-0.39, 0.29) is 18.7 Å². The number of Topliss-reactive ketones (excluding diaryl/α,β-unsaturated/α-hetero) is 1. The molecule has 142 valence electrons. The minimum Gasteiger partial charge on any atom is -0.550 e. The molecule has 0 aliphatic rings. The van der Waals surface area contributed by atoms with Gasteiger partial charge in [-0.15, -0.1) is 0 Å². The number of hydrogen-bond donors (Lipinski definition) is 1. The lowest BCUT2D eigenvalue weighted by atomic mass is 9.89. The largest absolute Gasteiger partial charge is 0.550 e. The van der Waals surface area contributed by atoms with Crippen molar-refractivity contribution < 1.29 is 24.3 Å². The van der Waals surface area contributed by atoms with E-state index in [1.165, 1.54) is 38.5 Å². The SMILES string of the molecule is CCCCCCCCCCCC(=O)[C@@](O)(CC(=O)[O-])C[N+](C)(C)C. The molecule has 0 unspecified atom stereocenters. The summed E-state index contributed by atoms with van der Waals surface area (Å²) in [7, 11) is 5.48. The average Bonchev–Trinajstić information content (AvgIpc) is 2.42. The number of rotatable bonds is 15. The van der Waals surface area contributed by atoms with Crippen LogP contribution in [0.4, 0.5) is 0 Å². The number of ketones is 1. The molecule has 0 rings (SSSR count). The van der Waals surface area contributed by atoms with Gasteiger partial charge in [0.1, 0.15) is 6.54 Å². The summed E-state index contributed by atoms with van der Waals surface area (Å²) in [6.07, 6.45) is 9.92. The molecule has 0 spiro atoms. The van der Waals surface area contributed by atoms with E-state index in [0.717, 1.165) is 12.8 Å². The van der Waals surface area contributed by atoms with Crippen molar-refractivity contribution >= 4 is 11.8 Å². The molecule has 1 N–H and O–H groups in total. The van der Waals surface area contributed by atoms with Crippen LogP contribution in [0.3, 0.4) is 0 Å². The van der Waals surface area contributed by atoms with Crippen LogP contribution in [0.1, 0.15) is 77.6 Å². The van der Waals surface area contributed by atoms with Crippen LogP contribution in [0, 0.1) is 0 Å². The van der Waals surface area contributed by atoms with Crippen molar-refractivity contribution in [1.29, 1.82) is 0 Å². The molecular weight excluding hydrogens is 306 g/mol. The first-order valence-electron chi connectivity index (χ1n) is 9.37. The van der Waals surface area contributed by atoms with Gasteiger partial charge in [-0.2, -0.15) is 0 Å².